The van der Waals surface area contributed by atoms with E-state index in [1.807, 2.05) is 43.3 Å². The minimum absolute atomic E-state index is 0.154. The Kier molecular flexibility index (Phi) is 5.34. The average Bonchev–Trinajstić information content (AvgIpc) is 2.29. The number of hydrogen-bond donors (Lipinski definition) is 0. The number of unbranched alkanes of at least 4 members (excludes halogenated alkanes) is 1. The Hall–Kier alpha value is -1.57. The van der Waals surface area contributed by atoms with Crippen LogP contribution >= 0.6 is 0 Å². The van der Waals surface area contributed by atoms with E-state index >= 15 is 0 Å². The number of allylic oxidation sites excluding steroid dienone is 1. The SMILES string of the molecule is CC=Cc1ccccc1OC(=O)CCCC. The molecule has 0 atom stereocenters. The molecule has 0 bridgehead atoms. The van der Waals surface area contributed by atoms with Crippen molar-refractivity contribution >= 4 is 12.0 Å². The van der Waals surface area contributed by atoms with Gasteiger partial charge in [0.25, 0.3) is 0 Å². The van der Waals surface area contributed by atoms with E-state index in [9.17, 15) is 4.79 Å². The molecule has 1 aromatic rings. The van der Waals surface area contributed by atoms with Crippen LogP contribution in [0.3, 0.4) is 0 Å². The molecular formula is C14H18O2. The van der Waals surface area contributed by atoms with Crippen molar-refractivity contribution in [1.82, 2.24) is 0 Å². The average molecular weight is 218 g/mol. The Balaban J connectivity index is 2.68. The third-order valence-electron chi connectivity index (χ3n) is 2.22. The van der Waals surface area contributed by atoms with Crippen LogP contribution in [0.25, 0.3) is 6.08 Å². The summed E-state index contributed by atoms with van der Waals surface area (Å²) >= 11 is 0. The Morgan fingerprint density at radius 3 is 2.81 bits per heavy atom. The summed E-state index contributed by atoms with van der Waals surface area (Å²) < 4.78 is 5.31. The first-order valence-corrected chi connectivity index (χ1v) is 5.70. The standard InChI is InChI=1S/C14H18O2/c1-3-5-11-14(15)16-13-10-7-6-9-12(13)8-4-2/h4,6-10H,3,5,11H2,1-2H3. The largest absolute Gasteiger partial charge is 0.426 e. The molecule has 0 spiro atoms. The molecule has 1 rings (SSSR count). The highest BCUT2D eigenvalue weighted by atomic mass is 16.5. The van der Waals surface area contributed by atoms with Crippen molar-refractivity contribution in [1.29, 1.82) is 0 Å². The van der Waals surface area contributed by atoms with Crippen molar-refractivity contribution in [2.45, 2.75) is 33.1 Å². The van der Waals surface area contributed by atoms with Crippen LogP contribution in [0.2, 0.25) is 0 Å². The first kappa shape index (κ1) is 12.5. The highest BCUT2D eigenvalue weighted by Crippen LogP contribution is 2.20. The number of hydrogen-bond acceptors (Lipinski definition) is 2. The monoisotopic (exact) mass is 218 g/mol. The molecule has 0 aliphatic rings. The van der Waals surface area contributed by atoms with Gasteiger partial charge < -0.3 is 4.74 Å². The Morgan fingerprint density at radius 1 is 1.38 bits per heavy atom. The highest BCUT2D eigenvalue weighted by molar-refractivity contribution is 5.74. The molecule has 0 N–H and O–H groups in total. The molecule has 2 heteroatoms. The molecule has 0 unspecified atom stereocenters. The smallest absolute Gasteiger partial charge is 0.311 e. The number of rotatable bonds is 5. The fourth-order valence-electron chi connectivity index (χ4n) is 1.39. The first-order chi connectivity index (χ1) is 7.77. The fraction of sp³-hybridized carbons (Fsp3) is 0.357. The molecule has 0 fully saturated rings. The van der Waals surface area contributed by atoms with E-state index in [2.05, 4.69) is 6.92 Å². The summed E-state index contributed by atoms with van der Waals surface area (Å²) in [7, 11) is 0. The van der Waals surface area contributed by atoms with E-state index in [-0.39, 0.29) is 5.97 Å². The summed E-state index contributed by atoms with van der Waals surface area (Å²) in [5.74, 6) is 0.487. The van der Waals surface area contributed by atoms with Crippen molar-refractivity contribution in [3.8, 4) is 5.75 Å². The number of esters is 1. The van der Waals surface area contributed by atoms with Gasteiger partial charge in [0, 0.05) is 12.0 Å². The Morgan fingerprint density at radius 2 is 2.12 bits per heavy atom. The molecule has 2 nitrogen and oxygen atoms in total. The van der Waals surface area contributed by atoms with E-state index in [0.717, 1.165) is 18.4 Å². The maximum Gasteiger partial charge on any atom is 0.311 e. The van der Waals surface area contributed by atoms with E-state index in [1.54, 1.807) is 0 Å². The van der Waals surface area contributed by atoms with Gasteiger partial charge in [0.15, 0.2) is 0 Å². The molecule has 0 saturated carbocycles. The van der Waals surface area contributed by atoms with Crippen LogP contribution in [0.4, 0.5) is 0 Å². The lowest BCUT2D eigenvalue weighted by Crippen LogP contribution is -2.08. The third kappa shape index (κ3) is 3.89. The topological polar surface area (TPSA) is 26.3 Å². The molecule has 0 aliphatic carbocycles. The van der Waals surface area contributed by atoms with Gasteiger partial charge in [-0.3, -0.25) is 4.79 Å². The van der Waals surface area contributed by atoms with Gasteiger partial charge in [-0.05, 0) is 19.4 Å². The molecule has 0 amide bonds. The zero-order chi connectivity index (χ0) is 11.8. The second-order valence-corrected chi connectivity index (χ2v) is 3.62. The lowest BCUT2D eigenvalue weighted by molar-refractivity contribution is -0.134. The first-order valence-electron chi connectivity index (χ1n) is 5.70. The zero-order valence-corrected chi connectivity index (χ0v) is 9.90. The normalized spacial score (nSPS) is 10.6. The molecule has 16 heavy (non-hydrogen) atoms. The molecule has 0 saturated heterocycles. The van der Waals surface area contributed by atoms with Gasteiger partial charge in [-0.1, -0.05) is 43.7 Å². The van der Waals surface area contributed by atoms with E-state index in [0.29, 0.717) is 12.2 Å². The van der Waals surface area contributed by atoms with Crippen molar-refractivity contribution in [3.05, 3.63) is 35.9 Å². The molecule has 0 heterocycles. The van der Waals surface area contributed by atoms with Crippen LogP contribution in [0, 0.1) is 0 Å². The van der Waals surface area contributed by atoms with Crippen LogP contribution in [-0.4, -0.2) is 5.97 Å². The van der Waals surface area contributed by atoms with Gasteiger partial charge >= 0.3 is 5.97 Å². The zero-order valence-electron chi connectivity index (χ0n) is 9.90. The van der Waals surface area contributed by atoms with E-state index < -0.39 is 0 Å². The molecule has 1 aromatic carbocycles. The number of ether oxygens (including phenoxy) is 1. The second-order valence-electron chi connectivity index (χ2n) is 3.62. The quantitative estimate of drug-likeness (QED) is 0.555. The van der Waals surface area contributed by atoms with Crippen molar-refractivity contribution in [3.63, 3.8) is 0 Å². The molecule has 0 aromatic heterocycles. The highest BCUT2D eigenvalue weighted by Gasteiger charge is 2.06. The van der Waals surface area contributed by atoms with Gasteiger partial charge in [-0.2, -0.15) is 0 Å². The molecular weight excluding hydrogens is 200 g/mol. The predicted molar refractivity (Wildman–Crippen MR) is 66.3 cm³/mol. The molecule has 86 valence electrons. The summed E-state index contributed by atoms with van der Waals surface area (Å²) in [6.07, 6.45) is 6.23. The Labute approximate surface area is 96.9 Å². The van der Waals surface area contributed by atoms with Gasteiger partial charge in [-0.25, -0.2) is 0 Å². The van der Waals surface area contributed by atoms with Gasteiger partial charge in [0.1, 0.15) is 5.75 Å². The van der Waals surface area contributed by atoms with Gasteiger partial charge in [-0.15, -0.1) is 0 Å². The maximum atomic E-state index is 11.5. The fourth-order valence-corrected chi connectivity index (χ4v) is 1.39. The van der Waals surface area contributed by atoms with Crippen LogP contribution < -0.4 is 4.74 Å². The van der Waals surface area contributed by atoms with Crippen molar-refractivity contribution in [2.75, 3.05) is 0 Å². The second kappa shape index (κ2) is 6.83. The lowest BCUT2D eigenvalue weighted by atomic mass is 10.2. The van der Waals surface area contributed by atoms with Crippen LogP contribution in [0.15, 0.2) is 30.3 Å². The minimum atomic E-state index is -0.154. The van der Waals surface area contributed by atoms with Crippen molar-refractivity contribution < 1.29 is 9.53 Å². The minimum Gasteiger partial charge on any atom is -0.426 e. The third-order valence-corrected chi connectivity index (χ3v) is 2.22. The van der Waals surface area contributed by atoms with E-state index in [4.69, 9.17) is 4.74 Å². The Bertz CT molecular complexity index is 367. The number of carbonyl (C=O) groups excluding carboxylic acids is 1. The molecule has 0 aliphatic heterocycles. The maximum absolute atomic E-state index is 11.5. The van der Waals surface area contributed by atoms with Gasteiger partial charge in [0.2, 0.25) is 0 Å². The lowest BCUT2D eigenvalue weighted by Gasteiger charge is -2.06. The number of para-hydroxylation sites is 1. The number of benzene rings is 1. The summed E-state index contributed by atoms with van der Waals surface area (Å²) in [5, 5.41) is 0. The number of carbonyl (C=O) groups is 1. The summed E-state index contributed by atoms with van der Waals surface area (Å²) in [6, 6.07) is 7.55. The summed E-state index contributed by atoms with van der Waals surface area (Å²) in [6.45, 7) is 4.00. The van der Waals surface area contributed by atoms with E-state index in [1.165, 1.54) is 0 Å². The van der Waals surface area contributed by atoms with Gasteiger partial charge in [0.05, 0.1) is 0 Å². The predicted octanol–water partition coefficient (Wildman–Crippen LogP) is 3.82. The molecule has 0 radical (unpaired) electrons. The van der Waals surface area contributed by atoms with Crippen LogP contribution in [0.1, 0.15) is 38.7 Å². The summed E-state index contributed by atoms with van der Waals surface area (Å²) in [5.41, 5.74) is 0.940. The van der Waals surface area contributed by atoms with Crippen molar-refractivity contribution in [2.24, 2.45) is 0 Å². The van der Waals surface area contributed by atoms with Crippen LogP contribution in [0.5, 0.6) is 5.75 Å². The van der Waals surface area contributed by atoms with Crippen LogP contribution in [-0.2, 0) is 4.79 Å². The summed E-state index contributed by atoms with van der Waals surface area (Å²) in [4.78, 5) is 11.5.